The standard InChI is InChI=1S/C25H25N5O3/c1-2-33-20-15-18(9-10-19(20)31)24-21-22(17-7-4-3-5-8-17)27-28-23(21)25(32)30(24)13-6-12-29-14-11-26-16-29/h3-5,7-11,14-16,24,31H,2,6,12-13H2,1H3,(H,27,28). The fourth-order valence-electron chi connectivity index (χ4n) is 4.40. The lowest BCUT2D eigenvalue weighted by atomic mass is 9.95. The van der Waals surface area contributed by atoms with Gasteiger partial charge in [0.1, 0.15) is 5.69 Å². The number of phenolic OH excluding ortho intramolecular Hbond substituents is 1. The Morgan fingerprint density at radius 2 is 2.00 bits per heavy atom. The fraction of sp³-hybridized carbons (Fsp3) is 0.240. The van der Waals surface area contributed by atoms with E-state index in [9.17, 15) is 9.90 Å². The summed E-state index contributed by atoms with van der Waals surface area (Å²) in [6.45, 7) is 3.62. The van der Waals surface area contributed by atoms with Gasteiger partial charge in [-0.2, -0.15) is 5.10 Å². The highest BCUT2D eigenvalue weighted by atomic mass is 16.5. The largest absolute Gasteiger partial charge is 0.504 e. The zero-order valence-corrected chi connectivity index (χ0v) is 18.3. The molecule has 0 saturated carbocycles. The number of hydrogen-bond acceptors (Lipinski definition) is 5. The van der Waals surface area contributed by atoms with Crippen LogP contribution in [0, 0.1) is 0 Å². The van der Waals surface area contributed by atoms with Gasteiger partial charge in [0.05, 0.1) is 24.7 Å². The summed E-state index contributed by atoms with van der Waals surface area (Å²) in [4.78, 5) is 19.4. The maximum atomic E-state index is 13.4. The van der Waals surface area contributed by atoms with E-state index in [2.05, 4.69) is 15.2 Å². The Morgan fingerprint density at radius 3 is 2.76 bits per heavy atom. The van der Waals surface area contributed by atoms with Crippen molar-refractivity contribution in [1.82, 2.24) is 24.6 Å². The van der Waals surface area contributed by atoms with Gasteiger partial charge in [0.25, 0.3) is 5.91 Å². The smallest absolute Gasteiger partial charge is 0.273 e. The minimum Gasteiger partial charge on any atom is -0.504 e. The van der Waals surface area contributed by atoms with Crippen molar-refractivity contribution in [3.63, 3.8) is 0 Å². The number of benzene rings is 2. The van der Waals surface area contributed by atoms with Crippen molar-refractivity contribution in [2.45, 2.75) is 25.9 Å². The zero-order chi connectivity index (χ0) is 22.8. The summed E-state index contributed by atoms with van der Waals surface area (Å²) in [6.07, 6.45) is 6.21. The third-order valence-electron chi connectivity index (χ3n) is 5.88. The Labute approximate surface area is 191 Å². The third kappa shape index (κ3) is 3.84. The molecule has 0 radical (unpaired) electrons. The predicted molar refractivity (Wildman–Crippen MR) is 123 cm³/mol. The van der Waals surface area contributed by atoms with Crippen molar-refractivity contribution in [3.05, 3.63) is 84.1 Å². The first kappa shape index (κ1) is 20.8. The number of fused-ring (bicyclic) bond motifs is 1. The Hall–Kier alpha value is -4.07. The van der Waals surface area contributed by atoms with Crippen molar-refractivity contribution >= 4 is 5.91 Å². The molecule has 2 N–H and O–H groups in total. The molecule has 0 spiro atoms. The number of carbonyl (C=O) groups excluding carboxylic acids is 1. The monoisotopic (exact) mass is 443 g/mol. The number of aromatic amines is 1. The van der Waals surface area contributed by atoms with Gasteiger partial charge in [-0.25, -0.2) is 4.98 Å². The van der Waals surface area contributed by atoms with Gasteiger partial charge in [-0.05, 0) is 31.0 Å². The highest BCUT2D eigenvalue weighted by Gasteiger charge is 2.42. The normalized spacial score (nSPS) is 15.1. The SMILES string of the molecule is CCOc1cc(C2c3c(-c4ccccc4)n[nH]c3C(=O)N2CCCn2ccnc2)ccc1O. The first-order chi connectivity index (χ1) is 16.2. The summed E-state index contributed by atoms with van der Waals surface area (Å²) in [5.74, 6) is 0.396. The molecule has 0 saturated heterocycles. The summed E-state index contributed by atoms with van der Waals surface area (Å²) in [5.41, 5.74) is 3.92. The van der Waals surface area contributed by atoms with Crippen LogP contribution in [-0.4, -0.2) is 48.8 Å². The highest BCUT2D eigenvalue weighted by molar-refractivity contribution is 6.00. The average molecular weight is 444 g/mol. The number of aromatic hydroxyl groups is 1. The molecule has 8 nitrogen and oxygen atoms in total. The lowest BCUT2D eigenvalue weighted by Crippen LogP contribution is -2.31. The fourth-order valence-corrected chi connectivity index (χ4v) is 4.40. The highest BCUT2D eigenvalue weighted by Crippen LogP contribution is 2.44. The van der Waals surface area contributed by atoms with E-state index < -0.39 is 0 Å². The maximum Gasteiger partial charge on any atom is 0.273 e. The summed E-state index contributed by atoms with van der Waals surface area (Å²) >= 11 is 0. The molecule has 8 heteroatoms. The summed E-state index contributed by atoms with van der Waals surface area (Å²) in [5, 5.41) is 17.7. The molecule has 33 heavy (non-hydrogen) atoms. The number of nitrogens with one attached hydrogen (secondary N) is 1. The van der Waals surface area contributed by atoms with Gasteiger partial charge < -0.3 is 19.3 Å². The van der Waals surface area contributed by atoms with Crippen LogP contribution < -0.4 is 4.74 Å². The van der Waals surface area contributed by atoms with Crippen LogP contribution in [0.4, 0.5) is 0 Å². The first-order valence-electron chi connectivity index (χ1n) is 11.0. The molecule has 168 valence electrons. The number of nitrogens with zero attached hydrogens (tertiary/aromatic N) is 4. The van der Waals surface area contributed by atoms with Crippen molar-refractivity contribution in [2.24, 2.45) is 0 Å². The predicted octanol–water partition coefficient (Wildman–Crippen LogP) is 4.01. The van der Waals surface area contributed by atoms with Gasteiger partial charge >= 0.3 is 0 Å². The van der Waals surface area contributed by atoms with Gasteiger partial charge in [-0.15, -0.1) is 0 Å². The van der Waals surface area contributed by atoms with Crippen LogP contribution in [-0.2, 0) is 6.54 Å². The van der Waals surface area contributed by atoms with Gasteiger partial charge in [-0.3, -0.25) is 9.89 Å². The number of phenols is 1. The molecule has 1 amide bonds. The number of ether oxygens (including phenoxy) is 1. The Kier molecular flexibility index (Phi) is 5.56. The number of H-pyrrole nitrogens is 1. The average Bonchev–Trinajstić information content (AvgIpc) is 3.55. The van der Waals surface area contributed by atoms with E-state index in [0.717, 1.165) is 35.3 Å². The van der Waals surface area contributed by atoms with Crippen LogP contribution in [0.1, 0.15) is 41.0 Å². The third-order valence-corrected chi connectivity index (χ3v) is 5.88. The van der Waals surface area contributed by atoms with E-state index in [1.807, 2.05) is 65.1 Å². The molecule has 4 aromatic rings. The van der Waals surface area contributed by atoms with E-state index >= 15 is 0 Å². The van der Waals surface area contributed by atoms with E-state index in [1.54, 1.807) is 18.6 Å². The first-order valence-corrected chi connectivity index (χ1v) is 11.0. The zero-order valence-electron chi connectivity index (χ0n) is 18.3. The van der Waals surface area contributed by atoms with Crippen LogP contribution in [0.5, 0.6) is 11.5 Å². The number of aryl methyl sites for hydroxylation is 1. The van der Waals surface area contributed by atoms with Gasteiger partial charge in [0.2, 0.25) is 0 Å². The molecule has 2 aromatic heterocycles. The van der Waals surface area contributed by atoms with E-state index in [4.69, 9.17) is 4.74 Å². The second kappa shape index (κ2) is 8.82. The van der Waals surface area contributed by atoms with Crippen molar-refractivity contribution in [1.29, 1.82) is 0 Å². The molecule has 0 aliphatic carbocycles. The quantitative estimate of drug-likeness (QED) is 0.429. The van der Waals surface area contributed by atoms with Crippen LogP contribution in [0.3, 0.4) is 0 Å². The number of carbonyl (C=O) groups is 1. The summed E-state index contributed by atoms with van der Waals surface area (Å²) < 4.78 is 7.63. The number of imidazole rings is 1. The number of amides is 1. The molecular weight excluding hydrogens is 418 g/mol. The number of rotatable bonds is 8. The Balaban J connectivity index is 1.55. The second-order valence-electron chi connectivity index (χ2n) is 7.94. The minimum absolute atomic E-state index is 0.0762. The molecule has 1 aliphatic rings. The maximum absolute atomic E-state index is 13.4. The Bertz CT molecular complexity index is 1250. The topological polar surface area (TPSA) is 96.3 Å². The van der Waals surface area contributed by atoms with E-state index in [1.165, 1.54) is 0 Å². The van der Waals surface area contributed by atoms with Crippen molar-refractivity contribution in [3.8, 4) is 22.8 Å². The van der Waals surface area contributed by atoms with Gasteiger partial charge in [0.15, 0.2) is 11.5 Å². The second-order valence-corrected chi connectivity index (χ2v) is 7.94. The molecule has 0 bridgehead atoms. The number of aromatic nitrogens is 4. The molecule has 1 unspecified atom stereocenters. The summed E-state index contributed by atoms with van der Waals surface area (Å²) in [6, 6.07) is 14.8. The van der Waals surface area contributed by atoms with Gasteiger partial charge in [0, 0.05) is 36.6 Å². The van der Waals surface area contributed by atoms with E-state index in [0.29, 0.717) is 24.6 Å². The number of hydrogen-bond donors (Lipinski definition) is 2. The minimum atomic E-state index is -0.343. The van der Waals surface area contributed by atoms with Crippen LogP contribution in [0.15, 0.2) is 67.3 Å². The lowest BCUT2D eigenvalue weighted by molar-refractivity contribution is 0.0739. The molecule has 1 aliphatic heterocycles. The molecule has 5 rings (SSSR count). The summed E-state index contributed by atoms with van der Waals surface area (Å²) in [7, 11) is 0. The van der Waals surface area contributed by atoms with Crippen LogP contribution in [0.2, 0.25) is 0 Å². The molecular formula is C25H25N5O3. The lowest BCUT2D eigenvalue weighted by Gasteiger charge is -2.27. The molecule has 0 fully saturated rings. The van der Waals surface area contributed by atoms with E-state index in [-0.39, 0.29) is 17.7 Å². The van der Waals surface area contributed by atoms with Crippen LogP contribution in [0.25, 0.3) is 11.3 Å². The Morgan fingerprint density at radius 1 is 1.15 bits per heavy atom. The van der Waals surface area contributed by atoms with Gasteiger partial charge in [-0.1, -0.05) is 36.4 Å². The van der Waals surface area contributed by atoms with Crippen molar-refractivity contribution in [2.75, 3.05) is 13.2 Å². The molecule has 3 heterocycles. The van der Waals surface area contributed by atoms with Crippen molar-refractivity contribution < 1.29 is 14.6 Å². The molecule has 2 aromatic carbocycles. The molecule has 1 atom stereocenters. The van der Waals surface area contributed by atoms with Crippen LogP contribution >= 0.6 is 0 Å².